The van der Waals surface area contributed by atoms with E-state index in [1.165, 1.54) is 11.3 Å². The molecule has 0 radical (unpaired) electrons. The van der Waals surface area contributed by atoms with Gasteiger partial charge in [-0.25, -0.2) is 4.98 Å². The molecule has 2 aromatic heterocycles. The minimum Gasteiger partial charge on any atom is -0.489 e. The second-order valence-electron chi connectivity index (χ2n) is 5.40. The highest BCUT2D eigenvalue weighted by molar-refractivity contribution is 7.13. The second-order valence-corrected chi connectivity index (χ2v) is 6.25. The fraction of sp³-hybridized carbons (Fsp3) is 0.158. The maximum absolute atomic E-state index is 12.2. The van der Waals surface area contributed by atoms with Gasteiger partial charge in [0.15, 0.2) is 0 Å². The molecule has 26 heavy (non-hydrogen) atoms. The van der Waals surface area contributed by atoms with Crippen LogP contribution >= 0.6 is 11.3 Å². The first-order valence-corrected chi connectivity index (χ1v) is 8.93. The summed E-state index contributed by atoms with van der Waals surface area (Å²) in [5, 5.41) is 5.52. The van der Waals surface area contributed by atoms with Crippen LogP contribution in [0.5, 0.6) is 5.75 Å². The van der Waals surface area contributed by atoms with E-state index in [1.54, 1.807) is 24.7 Å². The minimum absolute atomic E-state index is 0.0977. The molecule has 132 valence electrons. The molecule has 3 aromatic rings. The number of hydrogen-bond acceptors (Lipinski definition) is 6. The van der Waals surface area contributed by atoms with Crippen molar-refractivity contribution in [2.24, 2.45) is 0 Å². The SMILES string of the molecule is C=CCOc1ccccc1CNC(=O)Cc1csc(-c2cnccn2)n1. The predicted octanol–water partition coefficient (Wildman–Crippen LogP) is 3.02. The Morgan fingerprint density at radius 1 is 1.31 bits per heavy atom. The molecule has 1 amide bonds. The molecular weight excluding hydrogens is 348 g/mol. The highest BCUT2D eigenvalue weighted by Crippen LogP contribution is 2.21. The van der Waals surface area contributed by atoms with E-state index in [2.05, 4.69) is 26.8 Å². The first-order chi connectivity index (χ1) is 12.8. The van der Waals surface area contributed by atoms with E-state index in [1.807, 2.05) is 29.6 Å². The summed E-state index contributed by atoms with van der Waals surface area (Å²) in [6.07, 6.45) is 6.79. The van der Waals surface area contributed by atoms with Crippen molar-refractivity contribution in [2.45, 2.75) is 13.0 Å². The first kappa shape index (κ1) is 17.8. The minimum atomic E-state index is -0.0977. The van der Waals surface area contributed by atoms with Crippen LogP contribution in [0.15, 0.2) is 60.9 Å². The maximum atomic E-state index is 12.2. The van der Waals surface area contributed by atoms with Crippen molar-refractivity contribution >= 4 is 17.2 Å². The monoisotopic (exact) mass is 366 g/mol. The normalized spacial score (nSPS) is 10.3. The largest absolute Gasteiger partial charge is 0.489 e. The number of nitrogens with zero attached hydrogens (tertiary/aromatic N) is 3. The number of rotatable bonds is 8. The summed E-state index contributed by atoms with van der Waals surface area (Å²) >= 11 is 1.45. The zero-order valence-corrected chi connectivity index (χ0v) is 14.9. The van der Waals surface area contributed by atoms with Gasteiger partial charge in [-0.05, 0) is 6.07 Å². The third-order valence-corrected chi connectivity index (χ3v) is 4.39. The molecule has 0 aliphatic heterocycles. The number of amides is 1. The lowest BCUT2D eigenvalue weighted by Crippen LogP contribution is -2.25. The Hall–Kier alpha value is -3.06. The lowest BCUT2D eigenvalue weighted by Gasteiger charge is -2.10. The Morgan fingerprint density at radius 3 is 3.00 bits per heavy atom. The first-order valence-electron chi connectivity index (χ1n) is 8.05. The maximum Gasteiger partial charge on any atom is 0.226 e. The number of hydrogen-bond donors (Lipinski definition) is 1. The van der Waals surface area contributed by atoms with E-state index in [-0.39, 0.29) is 12.3 Å². The van der Waals surface area contributed by atoms with Crippen molar-refractivity contribution < 1.29 is 9.53 Å². The van der Waals surface area contributed by atoms with Gasteiger partial charge in [0.1, 0.15) is 23.1 Å². The number of nitrogens with one attached hydrogen (secondary N) is 1. The van der Waals surface area contributed by atoms with Crippen LogP contribution < -0.4 is 10.1 Å². The van der Waals surface area contributed by atoms with Crippen molar-refractivity contribution in [1.29, 1.82) is 0 Å². The number of para-hydroxylation sites is 1. The Morgan fingerprint density at radius 2 is 2.19 bits per heavy atom. The van der Waals surface area contributed by atoms with Gasteiger partial charge < -0.3 is 10.1 Å². The Labute approximate surface area is 155 Å². The number of benzene rings is 1. The quantitative estimate of drug-likeness (QED) is 0.620. The van der Waals surface area contributed by atoms with Crippen LogP contribution in [-0.2, 0) is 17.8 Å². The van der Waals surface area contributed by atoms with Crippen LogP contribution in [0.25, 0.3) is 10.7 Å². The standard InChI is InChI=1S/C19H18N4O2S/c1-2-9-25-17-6-4-3-5-14(17)11-22-18(24)10-15-13-26-19(23-15)16-12-20-7-8-21-16/h2-8,12-13H,1,9-11H2,(H,22,24). The summed E-state index contributed by atoms with van der Waals surface area (Å²) < 4.78 is 5.60. The molecule has 0 spiro atoms. The van der Waals surface area contributed by atoms with Gasteiger partial charge in [0.05, 0.1) is 18.3 Å². The molecule has 2 heterocycles. The average Bonchev–Trinajstić information content (AvgIpc) is 3.14. The van der Waals surface area contributed by atoms with Gasteiger partial charge in [0.25, 0.3) is 0 Å². The lowest BCUT2D eigenvalue weighted by atomic mass is 10.2. The zero-order valence-electron chi connectivity index (χ0n) is 14.1. The molecule has 7 heteroatoms. The fourth-order valence-corrected chi connectivity index (χ4v) is 3.06. The van der Waals surface area contributed by atoms with E-state index in [0.717, 1.165) is 16.3 Å². The number of aromatic nitrogens is 3. The summed E-state index contributed by atoms with van der Waals surface area (Å²) in [5.74, 6) is 0.644. The number of ether oxygens (including phenoxy) is 1. The molecule has 0 saturated heterocycles. The van der Waals surface area contributed by atoms with Crippen LogP contribution in [0.4, 0.5) is 0 Å². The third-order valence-electron chi connectivity index (χ3n) is 3.48. The van der Waals surface area contributed by atoms with Gasteiger partial charge in [-0.1, -0.05) is 30.9 Å². The van der Waals surface area contributed by atoms with Gasteiger partial charge in [-0.15, -0.1) is 11.3 Å². The second kappa shape index (κ2) is 8.87. The molecule has 0 fully saturated rings. The lowest BCUT2D eigenvalue weighted by molar-refractivity contribution is -0.120. The van der Waals surface area contributed by atoms with Crippen molar-refractivity contribution in [3.63, 3.8) is 0 Å². The summed E-state index contributed by atoms with van der Waals surface area (Å²) in [6.45, 7) is 4.46. The summed E-state index contributed by atoms with van der Waals surface area (Å²) in [7, 11) is 0. The number of thiazole rings is 1. The van der Waals surface area contributed by atoms with Gasteiger partial charge in [-0.2, -0.15) is 0 Å². The molecule has 0 atom stereocenters. The Bertz CT molecular complexity index is 880. The number of carbonyl (C=O) groups is 1. The molecule has 0 aliphatic carbocycles. The van der Waals surface area contributed by atoms with Crippen molar-refractivity contribution in [2.75, 3.05) is 6.61 Å². The van der Waals surface area contributed by atoms with Gasteiger partial charge in [0, 0.05) is 29.9 Å². The highest BCUT2D eigenvalue weighted by atomic mass is 32.1. The molecular formula is C19H18N4O2S. The highest BCUT2D eigenvalue weighted by Gasteiger charge is 2.11. The van der Waals surface area contributed by atoms with E-state index in [9.17, 15) is 4.79 Å². The van der Waals surface area contributed by atoms with Crippen LogP contribution in [0, 0.1) is 0 Å². The summed E-state index contributed by atoms with van der Waals surface area (Å²) in [6, 6.07) is 7.61. The molecule has 1 N–H and O–H groups in total. The van der Waals surface area contributed by atoms with E-state index < -0.39 is 0 Å². The molecule has 0 aliphatic rings. The van der Waals surface area contributed by atoms with Crippen LogP contribution in [-0.4, -0.2) is 27.5 Å². The smallest absolute Gasteiger partial charge is 0.226 e. The van der Waals surface area contributed by atoms with E-state index in [0.29, 0.717) is 24.5 Å². The molecule has 3 rings (SSSR count). The Kier molecular flexibility index (Phi) is 6.05. The van der Waals surface area contributed by atoms with Crippen LogP contribution in [0.2, 0.25) is 0 Å². The van der Waals surface area contributed by atoms with Gasteiger partial charge in [-0.3, -0.25) is 14.8 Å². The zero-order chi connectivity index (χ0) is 18.2. The summed E-state index contributed by atoms with van der Waals surface area (Å²) in [5.41, 5.74) is 2.34. The van der Waals surface area contributed by atoms with Crippen molar-refractivity contribution in [3.05, 3.63) is 72.1 Å². The van der Waals surface area contributed by atoms with Gasteiger partial charge >= 0.3 is 0 Å². The van der Waals surface area contributed by atoms with Gasteiger partial charge in [0.2, 0.25) is 5.91 Å². The third kappa shape index (κ3) is 4.73. The summed E-state index contributed by atoms with van der Waals surface area (Å²) in [4.78, 5) is 24.9. The average molecular weight is 366 g/mol. The van der Waals surface area contributed by atoms with E-state index >= 15 is 0 Å². The molecule has 6 nitrogen and oxygen atoms in total. The molecule has 0 bridgehead atoms. The topological polar surface area (TPSA) is 77.0 Å². The van der Waals surface area contributed by atoms with Crippen molar-refractivity contribution in [1.82, 2.24) is 20.3 Å². The molecule has 0 saturated carbocycles. The van der Waals surface area contributed by atoms with Crippen molar-refractivity contribution in [3.8, 4) is 16.5 Å². The Balaban J connectivity index is 1.57. The number of carbonyl (C=O) groups excluding carboxylic acids is 1. The molecule has 0 unspecified atom stereocenters. The predicted molar refractivity (Wildman–Crippen MR) is 101 cm³/mol. The fourth-order valence-electron chi connectivity index (χ4n) is 2.28. The molecule has 1 aromatic carbocycles. The van der Waals surface area contributed by atoms with E-state index in [4.69, 9.17) is 4.74 Å². The van der Waals surface area contributed by atoms with Crippen LogP contribution in [0.3, 0.4) is 0 Å². The van der Waals surface area contributed by atoms with Crippen LogP contribution in [0.1, 0.15) is 11.3 Å².